The van der Waals surface area contributed by atoms with Crippen molar-refractivity contribution in [2.24, 2.45) is 5.92 Å². The van der Waals surface area contributed by atoms with Gasteiger partial charge in [-0.15, -0.1) is 0 Å². The third kappa shape index (κ3) is 6.25. The Hall–Kier alpha value is -0.570. The van der Waals surface area contributed by atoms with Crippen molar-refractivity contribution >= 4 is 5.97 Å². The van der Waals surface area contributed by atoms with Gasteiger partial charge in [0.15, 0.2) is 0 Å². The van der Waals surface area contributed by atoms with Crippen molar-refractivity contribution in [3.8, 4) is 0 Å². The average Bonchev–Trinajstić information content (AvgIpc) is 2.99. The fourth-order valence-corrected chi connectivity index (χ4v) is 3.39. The van der Waals surface area contributed by atoms with Crippen LogP contribution in [0.2, 0.25) is 0 Å². The van der Waals surface area contributed by atoms with Crippen LogP contribution in [0.5, 0.6) is 0 Å². The number of carbonyl (C=O) groups is 1. The van der Waals surface area contributed by atoms with Crippen LogP contribution in [0, 0.1) is 5.92 Å². The first-order chi connectivity index (χ1) is 9.84. The molecule has 0 aromatic heterocycles. The van der Waals surface area contributed by atoms with Gasteiger partial charge >= 0.3 is 5.97 Å². The maximum atomic E-state index is 11.6. The van der Waals surface area contributed by atoms with Crippen LogP contribution < -0.4 is 0 Å². The van der Waals surface area contributed by atoms with E-state index in [2.05, 4.69) is 0 Å². The maximum absolute atomic E-state index is 11.6. The number of esters is 1. The molecule has 2 rings (SSSR count). The Bertz CT molecular complexity index is 265. The van der Waals surface area contributed by atoms with Gasteiger partial charge in [-0.05, 0) is 25.2 Å². The molecule has 116 valence electrons. The molecule has 0 amide bonds. The van der Waals surface area contributed by atoms with Gasteiger partial charge in [0, 0.05) is 13.0 Å². The second-order valence-electron chi connectivity index (χ2n) is 6.42. The van der Waals surface area contributed by atoms with Gasteiger partial charge in [-0.1, -0.05) is 51.4 Å². The normalized spacial score (nSPS) is 23.9. The summed E-state index contributed by atoms with van der Waals surface area (Å²) in [5.74, 6) is 0.924. The van der Waals surface area contributed by atoms with Crippen LogP contribution in [0.4, 0.5) is 0 Å². The number of ether oxygens (including phenoxy) is 2. The summed E-state index contributed by atoms with van der Waals surface area (Å²) in [4.78, 5) is 11.6. The molecule has 0 N–H and O–H groups in total. The topological polar surface area (TPSA) is 35.5 Å². The zero-order valence-corrected chi connectivity index (χ0v) is 12.8. The zero-order chi connectivity index (χ0) is 14.0. The molecule has 0 spiro atoms. The quantitative estimate of drug-likeness (QED) is 0.493. The van der Waals surface area contributed by atoms with Crippen molar-refractivity contribution in [3.05, 3.63) is 0 Å². The molecular formula is C17H30O3. The first-order valence-electron chi connectivity index (χ1n) is 8.62. The average molecular weight is 282 g/mol. The van der Waals surface area contributed by atoms with Crippen molar-refractivity contribution in [2.45, 2.75) is 83.2 Å². The first kappa shape index (κ1) is 15.8. The van der Waals surface area contributed by atoms with Crippen molar-refractivity contribution in [1.29, 1.82) is 0 Å². The molecule has 0 aromatic rings. The lowest BCUT2D eigenvalue weighted by atomic mass is 9.85. The van der Waals surface area contributed by atoms with Crippen LogP contribution >= 0.6 is 0 Å². The molecule has 20 heavy (non-hydrogen) atoms. The second-order valence-corrected chi connectivity index (χ2v) is 6.42. The predicted molar refractivity (Wildman–Crippen MR) is 79.6 cm³/mol. The van der Waals surface area contributed by atoms with Gasteiger partial charge in [0.25, 0.3) is 0 Å². The van der Waals surface area contributed by atoms with Gasteiger partial charge in [-0.2, -0.15) is 0 Å². The summed E-state index contributed by atoms with van der Waals surface area (Å²) < 4.78 is 10.7. The molecule has 2 fully saturated rings. The summed E-state index contributed by atoms with van der Waals surface area (Å²) in [5, 5.41) is 0. The SMILES string of the molecule is O=C(CCCCCC1CCCCC1)OCC1CCCO1. The molecular weight excluding hydrogens is 252 g/mol. The number of hydrogen-bond acceptors (Lipinski definition) is 3. The minimum atomic E-state index is -0.0434. The van der Waals surface area contributed by atoms with Gasteiger partial charge in [0.2, 0.25) is 0 Å². The highest BCUT2D eigenvalue weighted by atomic mass is 16.6. The van der Waals surface area contributed by atoms with Crippen molar-refractivity contribution in [1.82, 2.24) is 0 Å². The smallest absolute Gasteiger partial charge is 0.305 e. The summed E-state index contributed by atoms with van der Waals surface area (Å²) in [6, 6.07) is 0. The largest absolute Gasteiger partial charge is 0.463 e. The van der Waals surface area contributed by atoms with E-state index in [0.717, 1.165) is 31.8 Å². The van der Waals surface area contributed by atoms with Crippen molar-refractivity contribution < 1.29 is 14.3 Å². The summed E-state index contributed by atoms with van der Waals surface area (Å²) in [6.45, 7) is 1.28. The van der Waals surface area contributed by atoms with E-state index in [1.54, 1.807) is 0 Å². The molecule has 1 saturated heterocycles. The summed E-state index contributed by atoms with van der Waals surface area (Å²) in [6.07, 6.45) is 14.8. The first-order valence-corrected chi connectivity index (χ1v) is 8.62. The van der Waals surface area contributed by atoms with E-state index in [1.807, 2.05) is 0 Å². The highest BCUT2D eigenvalue weighted by Gasteiger charge is 2.17. The molecule has 3 heteroatoms. The number of unbranched alkanes of at least 4 members (excludes halogenated alkanes) is 2. The summed E-state index contributed by atoms with van der Waals surface area (Å²) >= 11 is 0. The highest BCUT2D eigenvalue weighted by Crippen LogP contribution is 2.28. The standard InChI is InChI=1S/C17H30O3/c18-17(20-14-16-11-7-13-19-16)12-6-2-5-10-15-8-3-1-4-9-15/h15-16H,1-14H2. The van der Waals surface area contributed by atoms with Crippen molar-refractivity contribution in [2.75, 3.05) is 13.2 Å². The molecule has 1 unspecified atom stereocenters. The Labute approximate surface area is 123 Å². The van der Waals surface area contributed by atoms with Crippen LogP contribution in [0.3, 0.4) is 0 Å². The Balaban J connectivity index is 1.40. The lowest BCUT2D eigenvalue weighted by Crippen LogP contribution is -2.17. The molecule has 0 bridgehead atoms. The van der Waals surface area contributed by atoms with E-state index in [4.69, 9.17) is 9.47 Å². The summed E-state index contributed by atoms with van der Waals surface area (Å²) in [7, 11) is 0. The third-order valence-corrected chi connectivity index (χ3v) is 4.67. The fraction of sp³-hybridized carbons (Fsp3) is 0.941. The molecule has 1 aliphatic heterocycles. The van der Waals surface area contributed by atoms with E-state index < -0.39 is 0 Å². The van der Waals surface area contributed by atoms with Crippen LogP contribution in [-0.2, 0) is 14.3 Å². The zero-order valence-electron chi connectivity index (χ0n) is 12.8. The Kier molecular flexibility index (Phi) is 7.42. The molecule has 1 aliphatic carbocycles. The molecule has 1 saturated carbocycles. The third-order valence-electron chi connectivity index (χ3n) is 4.67. The van der Waals surface area contributed by atoms with E-state index in [1.165, 1.54) is 51.4 Å². The van der Waals surface area contributed by atoms with E-state index in [9.17, 15) is 4.79 Å². The Morgan fingerprint density at radius 1 is 1.00 bits per heavy atom. The van der Waals surface area contributed by atoms with Crippen LogP contribution in [-0.4, -0.2) is 25.3 Å². The number of rotatable bonds is 8. The lowest BCUT2D eigenvalue weighted by Gasteiger charge is -2.21. The van der Waals surface area contributed by atoms with Crippen LogP contribution in [0.15, 0.2) is 0 Å². The van der Waals surface area contributed by atoms with Gasteiger partial charge in [0.1, 0.15) is 6.61 Å². The fourth-order valence-electron chi connectivity index (χ4n) is 3.39. The van der Waals surface area contributed by atoms with Crippen LogP contribution in [0.1, 0.15) is 77.0 Å². The molecule has 0 aromatic carbocycles. The second kappa shape index (κ2) is 9.38. The lowest BCUT2D eigenvalue weighted by molar-refractivity contribution is -0.147. The molecule has 3 nitrogen and oxygen atoms in total. The Morgan fingerprint density at radius 2 is 1.85 bits per heavy atom. The van der Waals surface area contributed by atoms with Crippen LogP contribution in [0.25, 0.3) is 0 Å². The molecule has 1 atom stereocenters. The maximum Gasteiger partial charge on any atom is 0.305 e. The number of carbonyl (C=O) groups excluding carboxylic acids is 1. The highest BCUT2D eigenvalue weighted by molar-refractivity contribution is 5.69. The number of hydrogen-bond donors (Lipinski definition) is 0. The Morgan fingerprint density at radius 3 is 2.60 bits per heavy atom. The van der Waals surface area contributed by atoms with Crippen molar-refractivity contribution in [3.63, 3.8) is 0 Å². The van der Waals surface area contributed by atoms with Gasteiger partial charge in [-0.25, -0.2) is 0 Å². The summed E-state index contributed by atoms with van der Waals surface area (Å²) in [5.41, 5.74) is 0. The molecule has 0 radical (unpaired) electrons. The van der Waals surface area contributed by atoms with Gasteiger partial charge in [-0.3, -0.25) is 4.79 Å². The minimum absolute atomic E-state index is 0.0434. The van der Waals surface area contributed by atoms with E-state index >= 15 is 0 Å². The molecule has 1 heterocycles. The predicted octanol–water partition coefficient (Wildman–Crippen LogP) is 4.24. The van der Waals surface area contributed by atoms with Gasteiger partial charge < -0.3 is 9.47 Å². The molecule has 2 aliphatic rings. The minimum Gasteiger partial charge on any atom is -0.463 e. The van der Waals surface area contributed by atoms with E-state index in [-0.39, 0.29) is 12.1 Å². The van der Waals surface area contributed by atoms with E-state index in [0.29, 0.717) is 13.0 Å². The monoisotopic (exact) mass is 282 g/mol. The van der Waals surface area contributed by atoms with Gasteiger partial charge in [0.05, 0.1) is 6.10 Å².